The highest BCUT2D eigenvalue weighted by Gasteiger charge is 2.30. The summed E-state index contributed by atoms with van der Waals surface area (Å²) in [5.74, 6) is -0.677. The first-order chi connectivity index (χ1) is 11.3. The van der Waals surface area contributed by atoms with Crippen molar-refractivity contribution in [2.45, 2.75) is 13.1 Å². The van der Waals surface area contributed by atoms with Crippen molar-refractivity contribution in [2.75, 3.05) is 17.2 Å². The van der Waals surface area contributed by atoms with E-state index in [0.717, 1.165) is 12.1 Å². The second-order valence-corrected chi connectivity index (χ2v) is 5.08. The van der Waals surface area contributed by atoms with Crippen molar-refractivity contribution in [3.8, 4) is 0 Å². The molecule has 0 bridgehead atoms. The molecule has 2 aromatic rings. The summed E-state index contributed by atoms with van der Waals surface area (Å²) < 4.78 is 37.9. The molecule has 7 heteroatoms. The molecule has 0 saturated heterocycles. The number of hydrogen-bond donors (Lipinski definition) is 2. The number of alkyl halides is 3. The maximum Gasteiger partial charge on any atom is 0.416 e. The van der Waals surface area contributed by atoms with E-state index in [1.165, 1.54) is 19.1 Å². The van der Waals surface area contributed by atoms with Crippen molar-refractivity contribution in [3.63, 3.8) is 0 Å². The molecule has 0 aliphatic rings. The summed E-state index contributed by atoms with van der Waals surface area (Å²) in [4.78, 5) is 23.4. The smallest absolute Gasteiger partial charge is 0.376 e. The normalized spacial score (nSPS) is 11.0. The predicted molar refractivity (Wildman–Crippen MR) is 85.0 cm³/mol. The van der Waals surface area contributed by atoms with E-state index in [1.807, 2.05) is 0 Å². The first-order valence-electron chi connectivity index (χ1n) is 7.08. The zero-order valence-electron chi connectivity index (χ0n) is 12.8. The van der Waals surface area contributed by atoms with Crippen molar-refractivity contribution in [2.24, 2.45) is 0 Å². The molecule has 0 saturated carbocycles. The molecular formula is C17H15F3N2O2. The van der Waals surface area contributed by atoms with Crippen LogP contribution >= 0.6 is 0 Å². The average Bonchev–Trinajstić information content (AvgIpc) is 2.52. The Kier molecular flexibility index (Phi) is 5.23. The van der Waals surface area contributed by atoms with E-state index >= 15 is 0 Å². The molecule has 24 heavy (non-hydrogen) atoms. The van der Waals surface area contributed by atoms with Crippen LogP contribution in [0.2, 0.25) is 0 Å². The first-order valence-corrected chi connectivity index (χ1v) is 7.08. The Balaban J connectivity index is 2.01. The van der Waals surface area contributed by atoms with Crippen molar-refractivity contribution < 1.29 is 22.8 Å². The topological polar surface area (TPSA) is 58.2 Å². The lowest BCUT2D eigenvalue weighted by molar-refractivity contribution is -0.137. The largest absolute Gasteiger partial charge is 0.416 e. The summed E-state index contributed by atoms with van der Waals surface area (Å²) in [5.41, 5.74) is 0.139. The van der Waals surface area contributed by atoms with Gasteiger partial charge in [0, 0.05) is 16.9 Å². The fourth-order valence-electron chi connectivity index (χ4n) is 2.10. The quantitative estimate of drug-likeness (QED) is 0.813. The molecule has 0 aliphatic carbocycles. The van der Waals surface area contributed by atoms with Gasteiger partial charge in [-0.2, -0.15) is 13.2 Å². The number of nitrogens with one attached hydrogen (secondary N) is 2. The van der Waals surface area contributed by atoms with Crippen LogP contribution in [0, 0.1) is 0 Å². The SMILES string of the molecule is CC(=O)c1ccccc1NCC(=O)Nc1cccc(C(F)(F)F)c1. The zero-order chi connectivity index (χ0) is 17.7. The minimum atomic E-state index is -4.47. The van der Waals surface area contributed by atoms with Gasteiger partial charge >= 0.3 is 6.18 Å². The Morgan fingerprint density at radius 1 is 1.04 bits per heavy atom. The molecule has 0 radical (unpaired) electrons. The third-order valence-corrected chi connectivity index (χ3v) is 3.22. The first kappa shape index (κ1) is 17.5. The number of carbonyl (C=O) groups is 2. The highest BCUT2D eigenvalue weighted by molar-refractivity contribution is 6.00. The second-order valence-electron chi connectivity index (χ2n) is 5.08. The number of ketones is 1. The maximum atomic E-state index is 12.6. The van der Waals surface area contributed by atoms with E-state index in [1.54, 1.807) is 24.3 Å². The molecule has 2 N–H and O–H groups in total. The van der Waals surface area contributed by atoms with Crippen molar-refractivity contribution in [3.05, 3.63) is 59.7 Å². The molecule has 1 amide bonds. The predicted octanol–water partition coefficient (Wildman–Crippen LogP) is 3.96. The average molecular weight is 336 g/mol. The van der Waals surface area contributed by atoms with Crippen LogP contribution in [0.25, 0.3) is 0 Å². The van der Waals surface area contributed by atoms with Gasteiger partial charge in [-0.15, -0.1) is 0 Å². The molecule has 2 aromatic carbocycles. The second kappa shape index (κ2) is 7.16. The molecule has 0 fully saturated rings. The van der Waals surface area contributed by atoms with Crippen LogP contribution in [-0.4, -0.2) is 18.2 Å². The van der Waals surface area contributed by atoms with E-state index in [2.05, 4.69) is 10.6 Å². The molecular weight excluding hydrogens is 321 g/mol. The van der Waals surface area contributed by atoms with Gasteiger partial charge in [-0.25, -0.2) is 0 Å². The molecule has 0 unspecified atom stereocenters. The van der Waals surface area contributed by atoms with Crippen LogP contribution in [0.1, 0.15) is 22.8 Å². The van der Waals surface area contributed by atoms with E-state index < -0.39 is 17.6 Å². The van der Waals surface area contributed by atoms with Crippen LogP contribution < -0.4 is 10.6 Å². The molecule has 126 valence electrons. The van der Waals surface area contributed by atoms with Crippen LogP contribution in [0.15, 0.2) is 48.5 Å². The van der Waals surface area contributed by atoms with E-state index in [0.29, 0.717) is 11.3 Å². The van der Waals surface area contributed by atoms with E-state index in [9.17, 15) is 22.8 Å². The number of anilines is 2. The summed E-state index contributed by atoms with van der Waals surface area (Å²) in [6.45, 7) is 1.23. The van der Waals surface area contributed by atoms with Gasteiger partial charge in [0.2, 0.25) is 5.91 Å². The number of rotatable bonds is 5. The van der Waals surface area contributed by atoms with Gasteiger partial charge < -0.3 is 10.6 Å². The number of amides is 1. The number of halogens is 3. The third kappa shape index (κ3) is 4.58. The molecule has 2 rings (SSSR count). The number of para-hydroxylation sites is 1. The van der Waals surface area contributed by atoms with Crippen molar-refractivity contribution >= 4 is 23.1 Å². The molecule has 0 atom stereocenters. The van der Waals surface area contributed by atoms with E-state index in [4.69, 9.17) is 0 Å². The maximum absolute atomic E-state index is 12.6. The molecule has 0 aliphatic heterocycles. The fraction of sp³-hybridized carbons (Fsp3) is 0.176. The molecule has 4 nitrogen and oxygen atoms in total. The highest BCUT2D eigenvalue weighted by Crippen LogP contribution is 2.30. The van der Waals surface area contributed by atoms with Gasteiger partial charge in [-0.05, 0) is 37.3 Å². The Hall–Kier alpha value is -2.83. The Morgan fingerprint density at radius 3 is 2.42 bits per heavy atom. The van der Waals surface area contributed by atoms with Gasteiger partial charge in [0.25, 0.3) is 0 Å². The monoisotopic (exact) mass is 336 g/mol. The number of Topliss-reactive ketones (excluding diaryl/α,β-unsaturated/α-hetero) is 1. The highest BCUT2D eigenvalue weighted by atomic mass is 19.4. The zero-order valence-corrected chi connectivity index (χ0v) is 12.8. The van der Waals surface area contributed by atoms with Gasteiger partial charge in [-0.1, -0.05) is 18.2 Å². The third-order valence-electron chi connectivity index (χ3n) is 3.22. The summed E-state index contributed by atoms with van der Waals surface area (Å²) in [5, 5.41) is 5.19. The summed E-state index contributed by atoms with van der Waals surface area (Å²) in [6.07, 6.45) is -4.47. The van der Waals surface area contributed by atoms with Crippen molar-refractivity contribution in [1.82, 2.24) is 0 Å². The lowest BCUT2D eigenvalue weighted by Crippen LogP contribution is -2.22. The van der Waals surface area contributed by atoms with Crippen LogP contribution in [0.4, 0.5) is 24.5 Å². The van der Waals surface area contributed by atoms with Gasteiger partial charge in [0.05, 0.1) is 12.1 Å². The Bertz CT molecular complexity index is 757. The number of hydrogen-bond acceptors (Lipinski definition) is 3. The molecule has 0 spiro atoms. The summed E-state index contributed by atoms with van der Waals surface area (Å²) in [7, 11) is 0. The van der Waals surface area contributed by atoms with Crippen LogP contribution in [0.5, 0.6) is 0 Å². The van der Waals surface area contributed by atoms with E-state index in [-0.39, 0.29) is 18.0 Å². The van der Waals surface area contributed by atoms with Crippen LogP contribution in [0.3, 0.4) is 0 Å². The molecule has 0 heterocycles. The number of carbonyl (C=O) groups excluding carboxylic acids is 2. The van der Waals surface area contributed by atoms with Gasteiger partial charge in [-0.3, -0.25) is 9.59 Å². The lowest BCUT2D eigenvalue weighted by Gasteiger charge is -2.12. The number of benzene rings is 2. The Morgan fingerprint density at radius 2 is 1.75 bits per heavy atom. The minimum absolute atomic E-state index is 0.0523. The van der Waals surface area contributed by atoms with Gasteiger partial charge in [0.15, 0.2) is 5.78 Å². The standard InChI is InChI=1S/C17H15F3N2O2/c1-11(23)14-7-2-3-8-15(14)21-10-16(24)22-13-6-4-5-12(9-13)17(18,19)20/h2-9,21H,10H2,1H3,(H,22,24). The minimum Gasteiger partial charge on any atom is -0.376 e. The van der Waals surface area contributed by atoms with Crippen LogP contribution in [-0.2, 0) is 11.0 Å². The summed E-state index contributed by atoms with van der Waals surface area (Å²) in [6, 6.07) is 11.1. The van der Waals surface area contributed by atoms with Gasteiger partial charge in [0.1, 0.15) is 0 Å². The lowest BCUT2D eigenvalue weighted by atomic mass is 10.1. The van der Waals surface area contributed by atoms with Crippen molar-refractivity contribution in [1.29, 1.82) is 0 Å². The molecule has 0 aromatic heterocycles. The fourth-order valence-corrected chi connectivity index (χ4v) is 2.10. The Labute approximate surface area is 136 Å². The summed E-state index contributed by atoms with van der Waals surface area (Å²) >= 11 is 0.